The average molecular weight is 265 g/mol. The molecule has 18 heavy (non-hydrogen) atoms. The molecule has 1 heterocycles. The second-order valence-corrected chi connectivity index (χ2v) is 3.29. The smallest absolute Gasteiger partial charge is 0.461 e. The van der Waals surface area contributed by atoms with Gasteiger partial charge in [-0.15, -0.1) is 13.2 Å². The fourth-order valence-corrected chi connectivity index (χ4v) is 1.24. The van der Waals surface area contributed by atoms with Gasteiger partial charge < -0.3 is 14.5 Å². The SMILES string of the molecule is CCOC(=O)c1cc(C)c(OC(F)(F)F)c(=O)[nH]1. The molecule has 1 N–H and O–H groups in total. The number of carbonyl (C=O) groups is 1. The molecule has 0 atom stereocenters. The number of alkyl halides is 3. The summed E-state index contributed by atoms with van der Waals surface area (Å²) in [5.41, 5.74) is -1.48. The predicted octanol–water partition coefficient (Wildman–Crippen LogP) is 1.76. The van der Waals surface area contributed by atoms with Crippen molar-refractivity contribution in [2.45, 2.75) is 20.2 Å². The first-order chi connectivity index (χ1) is 8.24. The van der Waals surface area contributed by atoms with Gasteiger partial charge in [0.05, 0.1) is 6.61 Å². The van der Waals surface area contributed by atoms with E-state index in [1.807, 2.05) is 4.98 Å². The van der Waals surface area contributed by atoms with Crippen molar-refractivity contribution < 1.29 is 27.4 Å². The summed E-state index contributed by atoms with van der Waals surface area (Å²) >= 11 is 0. The molecule has 1 aromatic heterocycles. The number of pyridine rings is 1. The Morgan fingerprint density at radius 2 is 2.06 bits per heavy atom. The first-order valence-electron chi connectivity index (χ1n) is 4.91. The van der Waals surface area contributed by atoms with Crippen molar-refractivity contribution in [3.63, 3.8) is 0 Å². The molecule has 8 heteroatoms. The number of carbonyl (C=O) groups excluding carboxylic acids is 1. The van der Waals surface area contributed by atoms with Crippen LogP contribution in [0.3, 0.4) is 0 Å². The molecular weight excluding hydrogens is 255 g/mol. The van der Waals surface area contributed by atoms with E-state index in [-0.39, 0.29) is 17.9 Å². The summed E-state index contributed by atoms with van der Waals surface area (Å²) in [7, 11) is 0. The highest BCUT2D eigenvalue weighted by molar-refractivity contribution is 5.87. The lowest BCUT2D eigenvalue weighted by Gasteiger charge is -2.11. The van der Waals surface area contributed by atoms with Crippen molar-refractivity contribution in [1.82, 2.24) is 4.98 Å². The number of aromatic amines is 1. The summed E-state index contributed by atoms with van der Waals surface area (Å²) in [4.78, 5) is 24.6. The molecule has 0 fully saturated rings. The summed E-state index contributed by atoms with van der Waals surface area (Å²) < 4.78 is 44.2. The summed E-state index contributed by atoms with van der Waals surface area (Å²) in [5.74, 6) is -1.72. The second kappa shape index (κ2) is 5.11. The summed E-state index contributed by atoms with van der Waals surface area (Å²) in [6.45, 7) is 2.86. The van der Waals surface area contributed by atoms with E-state index in [2.05, 4.69) is 9.47 Å². The van der Waals surface area contributed by atoms with Crippen LogP contribution in [0.25, 0.3) is 0 Å². The molecule has 100 valence electrons. The third-order valence-electron chi connectivity index (χ3n) is 1.89. The molecule has 0 aliphatic rings. The molecule has 0 spiro atoms. The third-order valence-corrected chi connectivity index (χ3v) is 1.89. The van der Waals surface area contributed by atoms with Crippen LogP contribution in [0.4, 0.5) is 13.2 Å². The number of ether oxygens (including phenoxy) is 2. The molecule has 0 aliphatic heterocycles. The normalized spacial score (nSPS) is 11.2. The number of halogens is 3. The van der Waals surface area contributed by atoms with Crippen LogP contribution in [0.5, 0.6) is 5.75 Å². The third kappa shape index (κ3) is 3.51. The van der Waals surface area contributed by atoms with Gasteiger partial charge in [-0.3, -0.25) is 4.79 Å². The first-order valence-corrected chi connectivity index (χ1v) is 4.91. The number of hydrogen-bond donors (Lipinski definition) is 1. The highest BCUT2D eigenvalue weighted by Gasteiger charge is 2.33. The lowest BCUT2D eigenvalue weighted by molar-refractivity contribution is -0.275. The van der Waals surface area contributed by atoms with Crippen molar-refractivity contribution in [3.8, 4) is 5.75 Å². The van der Waals surface area contributed by atoms with E-state index in [1.54, 1.807) is 6.92 Å². The molecule has 0 aromatic carbocycles. The van der Waals surface area contributed by atoms with E-state index in [9.17, 15) is 22.8 Å². The quantitative estimate of drug-likeness (QED) is 0.845. The van der Waals surface area contributed by atoms with E-state index in [1.165, 1.54) is 6.92 Å². The van der Waals surface area contributed by atoms with E-state index < -0.39 is 23.6 Å². The van der Waals surface area contributed by atoms with Crippen LogP contribution in [0.15, 0.2) is 10.9 Å². The average Bonchev–Trinajstić information content (AvgIpc) is 2.22. The van der Waals surface area contributed by atoms with Gasteiger partial charge in [0, 0.05) is 0 Å². The van der Waals surface area contributed by atoms with Crippen LogP contribution < -0.4 is 10.3 Å². The van der Waals surface area contributed by atoms with Gasteiger partial charge in [-0.05, 0) is 25.5 Å². The highest BCUT2D eigenvalue weighted by Crippen LogP contribution is 2.22. The standard InChI is InChI=1S/C10H10F3NO4/c1-3-17-9(16)6-4-5(2)7(8(15)14-6)18-10(11,12)13/h4H,3H2,1-2H3,(H,14,15). The van der Waals surface area contributed by atoms with Gasteiger partial charge in [-0.25, -0.2) is 4.79 Å². The van der Waals surface area contributed by atoms with Crippen molar-refractivity contribution in [2.75, 3.05) is 6.61 Å². The molecule has 0 saturated heterocycles. The number of H-pyrrole nitrogens is 1. The molecule has 0 saturated carbocycles. The van der Waals surface area contributed by atoms with Gasteiger partial charge in [-0.2, -0.15) is 0 Å². The fraction of sp³-hybridized carbons (Fsp3) is 0.400. The molecule has 5 nitrogen and oxygen atoms in total. The molecule has 1 rings (SSSR count). The van der Waals surface area contributed by atoms with Gasteiger partial charge in [0.2, 0.25) is 0 Å². The van der Waals surface area contributed by atoms with Crippen LogP contribution in [-0.4, -0.2) is 23.9 Å². The fourth-order valence-electron chi connectivity index (χ4n) is 1.24. The lowest BCUT2D eigenvalue weighted by atomic mass is 10.2. The molecule has 0 amide bonds. The molecule has 0 aliphatic carbocycles. The Hall–Kier alpha value is -1.99. The van der Waals surface area contributed by atoms with Crippen LogP contribution >= 0.6 is 0 Å². The van der Waals surface area contributed by atoms with Gasteiger partial charge >= 0.3 is 12.3 Å². The van der Waals surface area contributed by atoms with E-state index in [0.29, 0.717) is 0 Å². The Kier molecular flexibility index (Phi) is 4.00. The van der Waals surface area contributed by atoms with Gasteiger partial charge in [0.15, 0.2) is 5.75 Å². The maximum absolute atomic E-state index is 12.0. The summed E-state index contributed by atoms with van der Waals surface area (Å²) in [6.07, 6.45) is -4.97. The minimum Gasteiger partial charge on any atom is -0.461 e. The van der Waals surface area contributed by atoms with Crippen LogP contribution in [-0.2, 0) is 4.74 Å². The van der Waals surface area contributed by atoms with Crippen LogP contribution in [0.1, 0.15) is 23.0 Å². The Morgan fingerprint density at radius 3 is 2.50 bits per heavy atom. The topological polar surface area (TPSA) is 68.4 Å². The van der Waals surface area contributed by atoms with Crippen LogP contribution in [0.2, 0.25) is 0 Å². The van der Waals surface area contributed by atoms with Gasteiger partial charge in [0.25, 0.3) is 5.56 Å². The number of esters is 1. The zero-order valence-electron chi connectivity index (χ0n) is 9.55. The number of aryl methyl sites for hydroxylation is 1. The maximum Gasteiger partial charge on any atom is 0.573 e. The first kappa shape index (κ1) is 14.1. The maximum atomic E-state index is 12.0. The van der Waals surface area contributed by atoms with Crippen molar-refractivity contribution in [1.29, 1.82) is 0 Å². The number of aromatic nitrogens is 1. The summed E-state index contributed by atoms with van der Waals surface area (Å²) in [5, 5.41) is 0. The Morgan fingerprint density at radius 1 is 1.44 bits per heavy atom. The van der Waals surface area contributed by atoms with Crippen molar-refractivity contribution in [3.05, 3.63) is 27.7 Å². The zero-order chi connectivity index (χ0) is 13.9. The monoisotopic (exact) mass is 265 g/mol. The predicted molar refractivity (Wildman–Crippen MR) is 54.4 cm³/mol. The van der Waals surface area contributed by atoms with E-state index in [0.717, 1.165) is 6.07 Å². The Bertz CT molecular complexity index is 507. The number of rotatable bonds is 3. The molecule has 0 bridgehead atoms. The highest BCUT2D eigenvalue weighted by atomic mass is 19.4. The Balaban J connectivity index is 3.13. The number of nitrogens with one attached hydrogen (secondary N) is 1. The van der Waals surface area contributed by atoms with E-state index in [4.69, 9.17) is 0 Å². The Labute approximate surface area is 99.5 Å². The van der Waals surface area contributed by atoms with Gasteiger partial charge in [-0.1, -0.05) is 0 Å². The van der Waals surface area contributed by atoms with Gasteiger partial charge in [0.1, 0.15) is 5.69 Å². The van der Waals surface area contributed by atoms with Crippen LogP contribution in [0, 0.1) is 6.92 Å². The second-order valence-electron chi connectivity index (χ2n) is 3.29. The minimum absolute atomic E-state index is 0.0840. The molecular formula is C10H10F3NO4. The summed E-state index contributed by atoms with van der Waals surface area (Å²) in [6, 6.07) is 1.06. The molecule has 0 unspecified atom stereocenters. The van der Waals surface area contributed by atoms with Crippen molar-refractivity contribution in [2.24, 2.45) is 0 Å². The number of hydrogen-bond acceptors (Lipinski definition) is 4. The van der Waals surface area contributed by atoms with E-state index >= 15 is 0 Å². The minimum atomic E-state index is -4.97. The van der Waals surface area contributed by atoms with Crippen molar-refractivity contribution >= 4 is 5.97 Å². The molecule has 0 radical (unpaired) electrons. The lowest BCUT2D eigenvalue weighted by Crippen LogP contribution is -2.25. The largest absolute Gasteiger partial charge is 0.573 e. The zero-order valence-corrected chi connectivity index (χ0v) is 9.55. The molecule has 1 aromatic rings.